The van der Waals surface area contributed by atoms with Crippen LogP contribution in [0.4, 0.5) is 0 Å². The number of carboxylic acids is 1. The summed E-state index contributed by atoms with van der Waals surface area (Å²) in [7, 11) is 0. The van der Waals surface area contributed by atoms with Crippen LogP contribution in [0.1, 0.15) is 15.9 Å². The normalized spacial score (nSPS) is 15.5. The molecule has 130 valence electrons. The smallest absolute Gasteiger partial charge is 0.335 e. The van der Waals surface area contributed by atoms with Crippen molar-refractivity contribution in [1.82, 2.24) is 5.32 Å². The van der Waals surface area contributed by atoms with Crippen molar-refractivity contribution >= 4 is 23.5 Å². The molecule has 2 aromatic rings. The number of hydrogen-bond donors (Lipinski definition) is 2. The number of rotatable bonds is 5. The molecular formula is C18H16ClNO5. The molecule has 6 nitrogen and oxygen atoms in total. The van der Waals surface area contributed by atoms with Gasteiger partial charge in [-0.1, -0.05) is 29.8 Å². The van der Waals surface area contributed by atoms with Crippen LogP contribution in [0.3, 0.4) is 0 Å². The van der Waals surface area contributed by atoms with Gasteiger partial charge in [0, 0.05) is 17.6 Å². The molecule has 1 atom stereocenters. The first-order chi connectivity index (χ1) is 12.0. The Morgan fingerprint density at radius 2 is 2.00 bits per heavy atom. The van der Waals surface area contributed by atoms with Gasteiger partial charge in [-0.05, 0) is 30.2 Å². The lowest BCUT2D eigenvalue weighted by molar-refractivity contribution is -0.130. The van der Waals surface area contributed by atoms with Gasteiger partial charge in [-0.2, -0.15) is 0 Å². The Balaban J connectivity index is 1.55. The van der Waals surface area contributed by atoms with E-state index in [1.165, 1.54) is 0 Å². The minimum Gasteiger partial charge on any atom is -0.485 e. The van der Waals surface area contributed by atoms with E-state index in [-0.39, 0.29) is 18.1 Å². The van der Waals surface area contributed by atoms with Crippen LogP contribution in [0.2, 0.25) is 5.02 Å². The van der Waals surface area contributed by atoms with Gasteiger partial charge in [0.15, 0.2) is 11.5 Å². The van der Waals surface area contributed by atoms with Crippen molar-refractivity contribution in [3.63, 3.8) is 0 Å². The van der Waals surface area contributed by atoms with Crippen LogP contribution in [0.25, 0.3) is 0 Å². The summed E-state index contributed by atoms with van der Waals surface area (Å²) in [5, 5.41) is 12.4. The van der Waals surface area contributed by atoms with Gasteiger partial charge in [0.1, 0.15) is 6.61 Å². The predicted molar refractivity (Wildman–Crippen MR) is 91.5 cm³/mol. The summed E-state index contributed by atoms with van der Waals surface area (Å²) in [6, 6.07) is 11.7. The van der Waals surface area contributed by atoms with Gasteiger partial charge in [-0.15, -0.1) is 0 Å². The highest BCUT2D eigenvalue weighted by Crippen LogP contribution is 2.33. The minimum atomic E-state index is -0.985. The van der Waals surface area contributed by atoms with Crippen LogP contribution in [-0.4, -0.2) is 36.2 Å². The van der Waals surface area contributed by atoms with Crippen molar-refractivity contribution in [2.45, 2.75) is 12.5 Å². The number of amides is 1. The predicted octanol–water partition coefficient (Wildman–Crippen LogP) is 2.54. The molecule has 1 aliphatic rings. The van der Waals surface area contributed by atoms with Crippen molar-refractivity contribution in [1.29, 1.82) is 0 Å². The van der Waals surface area contributed by atoms with Gasteiger partial charge < -0.3 is 19.9 Å². The molecule has 2 aromatic carbocycles. The number of ether oxygens (including phenoxy) is 2. The van der Waals surface area contributed by atoms with Crippen LogP contribution in [0.15, 0.2) is 42.5 Å². The molecular weight excluding hydrogens is 346 g/mol. The quantitative estimate of drug-likeness (QED) is 0.854. The Morgan fingerprint density at radius 1 is 1.20 bits per heavy atom. The second-order valence-corrected chi connectivity index (χ2v) is 5.95. The Hall–Kier alpha value is -2.73. The first kappa shape index (κ1) is 17.1. The van der Waals surface area contributed by atoms with Gasteiger partial charge in [-0.3, -0.25) is 4.79 Å². The molecule has 2 N–H and O–H groups in total. The molecule has 1 aliphatic heterocycles. The highest BCUT2D eigenvalue weighted by atomic mass is 35.5. The van der Waals surface area contributed by atoms with Crippen molar-refractivity contribution in [2.24, 2.45) is 0 Å². The van der Waals surface area contributed by atoms with Gasteiger partial charge in [-0.25, -0.2) is 4.79 Å². The molecule has 0 fully saturated rings. The average molecular weight is 362 g/mol. The lowest BCUT2D eigenvalue weighted by Crippen LogP contribution is -2.44. The first-order valence-electron chi connectivity index (χ1n) is 7.72. The van der Waals surface area contributed by atoms with Crippen molar-refractivity contribution in [3.05, 3.63) is 58.6 Å². The SMILES string of the molecule is O=C(O)c1ccccc1CCNC(=O)C1COc2cc(Cl)ccc2O1. The zero-order valence-electron chi connectivity index (χ0n) is 13.2. The first-order valence-corrected chi connectivity index (χ1v) is 8.10. The summed E-state index contributed by atoms with van der Waals surface area (Å²) in [5.74, 6) is -0.325. The van der Waals surface area contributed by atoms with Gasteiger partial charge in [0.2, 0.25) is 6.10 Å². The summed E-state index contributed by atoms with van der Waals surface area (Å²) < 4.78 is 11.1. The molecule has 0 radical (unpaired) electrons. The zero-order chi connectivity index (χ0) is 17.8. The van der Waals surface area contributed by atoms with E-state index in [4.69, 9.17) is 26.2 Å². The molecule has 1 amide bonds. The summed E-state index contributed by atoms with van der Waals surface area (Å²) in [6.45, 7) is 0.390. The highest BCUT2D eigenvalue weighted by Gasteiger charge is 2.27. The summed E-state index contributed by atoms with van der Waals surface area (Å²) in [5.41, 5.74) is 0.899. The number of hydrogen-bond acceptors (Lipinski definition) is 4. The maximum atomic E-state index is 12.2. The lowest BCUT2D eigenvalue weighted by atomic mass is 10.0. The number of carbonyl (C=O) groups is 2. The highest BCUT2D eigenvalue weighted by molar-refractivity contribution is 6.30. The molecule has 25 heavy (non-hydrogen) atoms. The van der Waals surface area contributed by atoms with Crippen LogP contribution in [0.5, 0.6) is 11.5 Å². The fourth-order valence-corrected chi connectivity index (χ4v) is 2.72. The molecule has 0 aromatic heterocycles. The molecule has 1 heterocycles. The maximum Gasteiger partial charge on any atom is 0.335 e. The second kappa shape index (κ2) is 7.44. The molecule has 0 saturated carbocycles. The number of nitrogens with one attached hydrogen (secondary N) is 1. The third-order valence-electron chi connectivity index (χ3n) is 3.80. The molecule has 1 unspecified atom stereocenters. The summed E-state index contributed by atoms with van der Waals surface area (Å²) in [6.07, 6.45) is -0.350. The molecule has 0 aliphatic carbocycles. The third-order valence-corrected chi connectivity index (χ3v) is 4.03. The second-order valence-electron chi connectivity index (χ2n) is 5.51. The van der Waals surface area contributed by atoms with Crippen LogP contribution in [-0.2, 0) is 11.2 Å². The Kier molecular flexibility index (Phi) is 5.09. The third kappa shape index (κ3) is 4.03. The van der Waals surface area contributed by atoms with E-state index >= 15 is 0 Å². The van der Waals surface area contributed by atoms with E-state index in [1.807, 2.05) is 0 Å². The number of halogens is 1. The maximum absolute atomic E-state index is 12.2. The Labute approximate surface area is 149 Å². The van der Waals surface area contributed by atoms with Gasteiger partial charge >= 0.3 is 5.97 Å². The zero-order valence-corrected chi connectivity index (χ0v) is 14.0. The van der Waals surface area contributed by atoms with Crippen LogP contribution >= 0.6 is 11.6 Å². The number of aromatic carboxylic acids is 1. The van der Waals surface area contributed by atoms with E-state index in [1.54, 1.807) is 42.5 Å². The lowest BCUT2D eigenvalue weighted by Gasteiger charge is -2.25. The number of fused-ring (bicyclic) bond motifs is 1. The number of benzene rings is 2. The van der Waals surface area contributed by atoms with E-state index in [2.05, 4.69) is 5.32 Å². The molecule has 3 rings (SSSR count). The monoisotopic (exact) mass is 361 g/mol. The summed E-state index contributed by atoms with van der Waals surface area (Å²) >= 11 is 5.88. The van der Waals surface area contributed by atoms with E-state index in [0.717, 1.165) is 0 Å². The van der Waals surface area contributed by atoms with Gasteiger partial charge in [0.05, 0.1) is 5.56 Å². The minimum absolute atomic E-state index is 0.0882. The van der Waals surface area contributed by atoms with Crippen molar-refractivity contribution < 1.29 is 24.2 Å². The molecule has 0 saturated heterocycles. The topological polar surface area (TPSA) is 84.9 Å². The molecule has 0 spiro atoms. The summed E-state index contributed by atoms with van der Waals surface area (Å²) in [4.78, 5) is 23.4. The fraction of sp³-hybridized carbons (Fsp3) is 0.222. The van der Waals surface area contributed by atoms with E-state index < -0.39 is 12.1 Å². The van der Waals surface area contributed by atoms with Crippen LogP contribution < -0.4 is 14.8 Å². The van der Waals surface area contributed by atoms with E-state index in [9.17, 15) is 9.59 Å². The Bertz CT molecular complexity index is 808. The van der Waals surface area contributed by atoms with Crippen molar-refractivity contribution in [3.8, 4) is 11.5 Å². The number of carboxylic acid groups (broad SMARTS) is 1. The van der Waals surface area contributed by atoms with E-state index in [0.29, 0.717) is 35.1 Å². The average Bonchev–Trinajstić information content (AvgIpc) is 2.61. The number of carbonyl (C=O) groups excluding carboxylic acids is 1. The van der Waals surface area contributed by atoms with Gasteiger partial charge in [0.25, 0.3) is 5.91 Å². The molecule has 0 bridgehead atoms. The standard InChI is InChI=1S/C18H16ClNO5/c19-12-5-6-14-15(9-12)24-10-16(25-14)17(21)20-8-7-11-3-1-2-4-13(11)18(22)23/h1-6,9,16H,7-8,10H2,(H,20,21)(H,22,23). The van der Waals surface area contributed by atoms with Crippen LogP contribution in [0, 0.1) is 0 Å². The van der Waals surface area contributed by atoms with Crippen molar-refractivity contribution in [2.75, 3.05) is 13.2 Å². The largest absolute Gasteiger partial charge is 0.485 e. The molecule has 7 heteroatoms. The Morgan fingerprint density at radius 3 is 2.80 bits per heavy atom. The fourth-order valence-electron chi connectivity index (χ4n) is 2.56.